The molecule has 2 amide bonds. The van der Waals surface area contributed by atoms with Crippen LogP contribution in [0.3, 0.4) is 0 Å². The van der Waals surface area contributed by atoms with Gasteiger partial charge in [-0.25, -0.2) is 4.79 Å². The molecular formula is C26H30N4O6. The lowest BCUT2D eigenvalue weighted by molar-refractivity contribution is 0.199. The van der Waals surface area contributed by atoms with Crippen molar-refractivity contribution < 1.29 is 28.6 Å². The lowest BCUT2D eigenvalue weighted by Gasteiger charge is -2.36. The van der Waals surface area contributed by atoms with Crippen LogP contribution < -0.4 is 19.5 Å². The molecule has 2 aromatic carbocycles. The zero-order valence-electron chi connectivity index (χ0n) is 21.2. The highest BCUT2D eigenvalue weighted by atomic mass is 16.5. The quantitative estimate of drug-likeness (QED) is 0.466. The molecule has 0 fully saturated rings. The number of aromatic hydroxyl groups is 1. The predicted octanol–water partition coefficient (Wildman–Crippen LogP) is 4.62. The molecule has 0 spiro atoms. The van der Waals surface area contributed by atoms with E-state index in [4.69, 9.17) is 18.7 Å². The molecule has 1 aromatic heterocycles. The molecule has 0 saturated carbocycles. The Bertz CT molecular complexity index is 1300. The fourth-order valence-electron chi connectivity index (χ4n) is 4.21. The van der Waals surface area contributed by atoms with Crippen molar-refractivity contribution >= 4 is 11.6 Å². The number of hydrogen-bond acceptors (Lipinski definition) is 8. The zero-order valence-corrected chi connectivity index (χ0v) is 21.2. The Morgan fingerprint density at radius 1 is 1.06 bits per heavy atom. The summed E-state index contributed by atoms with van der Waals surface area (Å²) in [6, 6.07) is 9.45. The van der Waals surface area contributed by atoms with Crippen LogP contribution in [0.25, 0.3) is 17.0 Å². The van der Waals surface area contributed by atoms with Crippen LogP contribution in [0.5, 0.6) is 23.0 Å². The number of phenols is 1. The van der Waals surface area contributed by atoms with Gasteiger partial charge in [0, 0.05) is 17.8 Å². The van der Waals surface area contributed by atoms with E-state index in [0.717, 1.165) is 0 Å². The van der Waals surface area contributed by atoms with Crippen LogP contribution >= 0.6 is 0 Å². The normalized spacial score (nSPS) is 15.8. The van der Waals surface area contributed by atoms with Crippen LogP contribution in [-0.2, 0) is 0 Å². The first-order valence-corrected chi connectivity index (χ1v) is 11.5. The van der Waals surface area contributed by atoms with Gasteiger partial charge in [0.2, 0.25) is 5.82 Å². The number of nitrogens with one attached hydrogen (secondary N) is 1. The van der Waals surface area contributed by atoms with E-state index in [2.05, 4.69) is 15.5 Å². The first-order chi connectivity index (χ1) is 17.3. The molecule has 0 bridgehead atoms. The Morgan fingerprint density at radius 2 is 1.75 bits per heavy atom. The monoisotopic (exact) mass is 494 g/mol. The number of benzene rings is 2. The maximum atomic E-state index is 13.1. The Morgan fingerprint density at radius 3 is 2.39 bits per heavy atom. The van der Waals surface area contributed by atoms with Crippen molar-refractivity contribution in [3.05, 3.63) is 53.5 Å². The van der Waals surface area contributed by atoms with Crippen molar-refractivity contribution in [3.8, 4) is 34.4 Å². The third-order valence-electron chi connectivity index (χ3n) is 5.98. The van der Waals surface area contributed by atoms with E-state index in [1.165, 1.54) is 7.11 Å². The predicted molar refractivity (Wildman–Crippen MR) is 133 cm³/mol. The number of nitrogens with zero attached hydrogens (tertiary/aromatic N) is 3. The number of amides is 2. The van der Waals surface area contributed by atoms with Gasteiger partial charge in [-0.15, -0.1) is 0 Å². The molecule has 10 heteroatoms. The number of carbonyl (C=O) groups is 1. The van der Waals surface area contributed by atoms with Crippen molar-refractivity contribution in [1.29, 1.82) is 0 Å². The molecule has 2 heterocycles. The highest BCUT2D eigenvalue weighted by Gasteiger charge is 2.36. The van der Waals surface area contributed by atoms with Crippen LogP contribution in [-0.4, -0.2) is 54.1 Å². The Labute approximate surface area is 209 Å². The van der Waals surface area contributed by atoms with Gasteiger partial charge >= 0.3 is 6.03 Å². The number of urea groups is 1. The fourth-order valence-corrected chi connectivity index (χ4v) is 4.21. The van der Waals surface area contributed by atoms with Gasteiger partial charge in [0.25, 0.3) is 5.89 Å². The summed E-state index contributed by atoms with van der Waals surface area (Å²) in [4.78, 5) is 19.4. The molecule has 3 aromatic rings. The number of methoxy groups -OCH3 is 3. The summed E-state index contributed by atoms with van der Waals surface area (Å²) in [7, 11) is 4.60. The molecule has 1 atom stereocenters. The van der Waals surface area contributed by atoms with Crippen LogP contribution in [0.4, 0.5) is 4.79 Å². The Kier molecular flexibility index (Phi) is 7.05. The number of ether oxygens (including phenoxy) is 3. The second kappa shape index (κ2) is 10.2. The van der Waals surface area contributed by atoms with Crippen molar-refractivity contribution in [2.45, 2.75) is 26.8 Å². The van der Waals surface area contributed by atoms with Gasteiger partial charge in [-0.2, -0.15) is 4.98 Å². The molecule has 1 aliphatic rings. The largest absolute Gasteiger partial charge is 0.504 e. The van der Waals surface area contributed by atoms with E-state index in [9.17, 15) is 9.90 Å². The first-order valence-electron chi connectivity index (χ1n) is 11.5. The van der Waals surface area contributed by atoms with Crippen LogP contribution in [0.2, 0.25) is 0 Å². The summed E-state index contributed by atoms with van der Waals surface area (Å²) in [5.41, 5.74) is 2.65. The lowest BCUT2D eigenvalue weighted by Crippen LogP contribution is -2.47. The molecular weight excluding hydrogens is 464 g/mol. The minimum absolute atomic E-state index is 0.0394. The second-order valence-corrected chi connectivity index (χ2v) is 8.81. The summed E-state index contributed by atoms with van der Waals surface area (Å²) in [5.74, 6) is 2.26. The van der Waals surface area contributed by atoms with Crippen LogP contribution in [0.1, 0.15) is 38.3 Å². The molecule has 190 valence electrons. The molecule has 4 rings (SSSR count). The van der Waals surface area contributed by atoms with Gasteiger partial charge < -0.3 is 29.2 Å². The number of hydrogen-bond donors (Lipinski definition) is 2. The number of rotatable bonds is 8. The molecule has 1 aliphatic heterocycles. The third-order valence-corrected chi connectivity index (χ3v) is 5.98. The summed E-state index contributed by atoms with van der Waals surface area (Å²) in [6.45, 7) is 6.44. The molecule has 0 saturated heterocycles. The van der Waals surface area contributed by atoms with Gasteiger partial charge in [0.05, 0.1) is 32.9 Å². The number of aromatic nitrogens is 2. The number of allylic oxidation sites excluding steroid dienone is 1. The SMILES string of the molecule is COc1ccc(C2NC(=O)N(CC(C)C)C(C)=C2c2nc(-c3ccc(OC)c(OC)c3)no2)cc1O. The van der Waals surface area contributed by atoms with Gasteiger partial charge in [0.1, 0.15) is 0 Å². The summed E-state index contributed by atoms with van der Waals surface area (Å²) < 4.78 is 21.6. The van der Waals surface area contributed by atoms with E-state index in [1.54, 1.807) is 49.5 Å². The summed E-state index contributed by atoms with van der Waals surface area (Å²) in [6.07, 6.45) is 0. The van der Waals surface area contributed by atoms with Crippen molar-refractivity contribution in [2.24, 2.45) is 5.92 Å². The third kappa shape index (κ3) is 4.66. The molecule has 0 aliphatic carbocycles. The second-order valence-electron chi connectivity index (χ2n) is 8.81. The molecule has 2 N–H and O–H groups in total. The molecule has 36 heavy (non-hydrogen) atoms. The highest BCUT2D eigenvalue weighted by Crippen LogP contribution is 2.40. The van der Waals surface area contributed by atoms with E-state index >= 15 is 0 Å². The maximum Gasteiger partial charge on any atom is 0.322 e. The molecule has 10 nitrogen and oxygen atoms in total. The van der Waals surface area contributed by atoms with Crippen LogP contribution in [0, 0.1) is 5.92 Å². The van der Waals surface area contributed by atoms with E-state index < -0.39 is 6.04 Å². The molecule has 1 unspecified atom stereocenters. The van der Waals surface area contributed by atoms with E-state index in [0.29, 0.717) is 52.0 Å². The average molecular weight is 495 g/mol. The minimum atomic E-state index is -0.628. The number of carbonyl (C=O) groups excluding carboxylic acids is 1. The standard InChI is InChI=1S/C26H30N4O6/c1-14(2)13-30-15(3)22(23(27-26(30)32)16-7-9-19(33-4)18(31)11-16)25-28-24(29-36-25)17-8-10-20(34-5)21(12-17)35-6/h7-12,14,23,31H,13H2,1-6H3,(H,27,32). The average Bonchev–Trinajstić information content (AvgIpc) is 3.35. The molecule has 0 radical (unpaired) electrons. The lowest BCUT2D eigenvalue weighted by atomic mass is 9.94. The first kappa shape index (κ1) is 24.9. The Balaban J connectivity index is 1.81. The minimum Gasteiger partial charge on any atom is -0.504 e. The van der Waals surface area contributed by atoms with Crippen molar-refractivity contribution in [3.63, 3.8) is 0 Å². The summed E-state index contributed by atoms with van der Waals surface area (Å²) >= 11 is 0. The fraction of sp³-hybridized carbons (Fsp3) is 0.346. The van der Waals surface area contributed by atoms with Gasteiger partial charge in [-0.05, 0) is 48.7 Å². The van der Waals surface area contributed by atoms with Gasteiger partial charge in [0.15, 0.2) is 23.0 Å². The zero-order chi connectivity index (χ0) is 26.0. The van der Waals surface area contributed by atoms with Gasteiger partial charge in [-0.3, -0.25) is 4.90 Å². The van der Waals surface area contributed by atoms with Crippen molar-refractivity contribution in [2.75, 3.05) is 27.9 Å². The summed E-state index contributed by atoms with van der Waals surface area (Å²) in [5, 5.41) is 17.6. The highest BCUT2D eigenvalue weighted by molar-refractivity contribution is 5.87. The van der Waals surface area contributed by atoms with Crippen LogP contribution in [0.15, 0.2) is 46.6 Å². The topological polar surface area (TPSA) is 119 Å². The van der Waals surface area contributed by atoms with Gasteiger partial charge in [-0.1, -0.05) is 25.1 Å². The maximum absolute atomic E-state index is 13.1. The van der Waals surface area contributed by atoms with E-state index in [-0.39, 0.29) is 23.6 Å². The Hall–Kier alpha value is -4.21. The van der Waals surface area contributed by atoms with Crippen molar-refractivity contribution in [1.82, 2.24) is 20.4 Å². The van der Waals surface area contributed by atoms with E-state index in [1.807, 2.05) is 26.8 Å². The number of phenolic OH excluding ortho intramolecular Hbond substituents is 1. The smallest absolute Gasteiger partial charge is 0.322 e.